The Hall–Kier alpha value is -0.630. The molecule has 1 saturated heterocycles. The lowest BCUT2D eigenvalue weighted by Gasteiger charge is -2.32. The van der Waals surface area contributed by atoms with E-state index in [1.165, 1.54) is 25.8 Å². The van der Waals surface area contributed by atoms with Gasteiger partial charge in [0.2, 0.25) is 0 Å². The van der Waals surface area contributed by atoms with Gasteiger partial charge in [0.15, 0.2) is 0 Å². The minimum Gasteiger partial charge on any atom is -0.303 e. The third-order valence-corrected chi connectivity index (χ3v) is 2.82. The van der Waals surface area contributed by atoms with E-state index < -0.39 is 0 Å². The highest BCUT2D eigenvalue weighted by Gasteiger charge is 2.18. The molecular weight excluding hydrogens is 162 g/mol. The van der Waals surface area contributed by atoms with E-state index in [4.69, 9.17) is 0 Å². The highest BCUT2D eigenvalue weighted by molar-refractivity contribution is 5.53. The van der Waals surface area contributed by atoms with Gasteiger partial charge in [-0.1, -0.05) is 18.6 Å². The zero-order valence-corrected chi connectivity index (χ0v) is 8.46. The maximum atomic E-state index is 10.3. The van der Waals surface area contributed by atoms with Crippen molar-refractivity contribution in [3.8, 4) is 0 Å². The maximum absolute atomic E-state index is 10.3. The second-order valence-electron chi connectivity index (χ2n) is 3.96. The summed E-state index contributed by atoms with van der Waals surface area (Å²) in [6, 6.07) is 0.626. The van der Waals surface area contributed by atoms with Gasteiger partial charge in [-0.3, -0.25) is 0 Å². The smallest absolute Gasteiger partial charge is 0.124 e. The number of carbonyl (C=O) groups is 1. The molecule has 0 spiro atoms. The summed E-state index contributed by atoms with van der Waals surface area (Å²) in [6.07, 6.45) is 6.37. The Morgan fingerprint density at radius 1 is 1.62 bits per heavy atom. The van der Waals surface area contributed by atoms with E-state index >= 15 is 0 Å². The molecule has 2 heteroatoms. The molecule has 74 valence electrons. The first-order chi connectivity index (χ1) is 6.24. The normalized spacial score (nSPS) is 24.2. The van der Waals surface area contributed by atoms with Crippen molar-refractivity contribution in [1.29, 1.82) is 0 Å². The second-order valence-corrected chi connectivity index (χ2v) is 3.96. The minimum absolute atomic E-state index is 0.532. The Bertz CT molecular complexity index is 189. The van der Waals surface area contributed by atoms with Crippen LogP contribution in [0.2, 0.25) is 0 Å². The van der Waals surface area contributed by atoms with Crippen molar-refractivity contribution in [2.75, 3.05) is 13.6 Å². The van der Waals surface area contributed by atoms with Crippen molar-refractivity contribution in [3.05, 3.63) is 12.2 Å². The van der Waals surface area contributed by atoms with Crippen LogP contribution in [0.15, 0.2) is 12.2 Å². The predicted molar refractivity (Wildman–Crippen MR) is 54.7 cm³/mol. The molecule has 1 unspecified atom stereocenters. The molecule has 2 nitrogen and oxygen atoms in total. The Labute approximate surface area is 80.6 Å². The molecule has 0 N–H and O–H groups in total. The standard InChI is InChI=1S/C11H19NO/c1-10(6-8-13)9-11-5-3-4-7-12(11)2/h8,11H,1,3-7,9H2,2H3. The fraction of sp³-hybridized carbons (Fsp3) is 0.727. The monoisotopic (exact) mass is 181 g/mol. The van der Waals surface area contributed by atoms with Crippen molar-refractivity contribution in [2.24, 2.45) is 0 Å². The third kappa shape index (κ3) is 3.31. The van der Waals surface area contributed by atoms with Gasteiger partial charge in [-0.25, -0.2) is 0 Å². The molecule has 0 aromatic carbocycles. The first-order valence-electron chi connectivity index (χ1n) is 5.04. The van der Waals surface area contributed by atoms with Crippen LogP contribution in [0.25, 0.3) is 0 Å². The lowest BCUT2D eigenvalue weighted by atomic mass is 9.96. The molecular formula is C11H19NO. The topological polar surface area (TPSA) is 20.3 Å². The molecule has 1 aliphatic rings. The molecule has 1 atom stereocenters. The Balaban J connectivity index is 2.33. The van der Waals surface area contributed by atoms with Crippen molar-refractivity contribution >= 4 is 6.29 Å². The van der Waals surface area contributed by atoms with Crippen molar-refractivity contribution < 1.29 is 4.79 Å². The van der Waals surface area contributed by atoms with Crippen molar-refractivity contribution in [2.45, 2.75) is 38.1 Å². The summed E-state index contributed by atoms with van der Waals surface area (Å²) in [5.41, 5.74) is 1.08. The minimum atomic E-state index is 0.532. The van der Waals surface area contributed by atoms with Gasteiger partial charge < -0.3 is 9.69 Å². The lowest BCUT2D eigenvalue weighted by molar-refractivity contribution is -0.107. The molecule has 0 radical (unpaired) electrons. The Morgan fingerprint density at radius 3 is 3.00 bits per heavy atom. The highest BCUT2D eigenvalue weighted by Crippen LogP contribution is 2.21. The van der Waals surface area contributed by atoms with Crippen molar-refractivity contribution in [3.63, 3.8) is 0 Å². The van der Waals surface area contributed by atoms with Crippen LogP contribution < -0.4 is 0 Å². The van der Waals surface area contributed by atoms with Gasteiger partial charge in [0.25, 0.3) is 0 Å². The molecule has 0 aromatic rings. The Kier molecular flexibility index (Phi) is 4.16. The second kappa shape index (κ2) is 5.18. The summed E-state index contributed by atoms with van der Waals surface area (Å²) in [5, 5.41) is 0. The summed E-state index contributed by atoms with van der Waals surface area (Å²) in [6.45, 7) is 5.11. The van der Waals surface area contributed by atoms with Crippen LogP contribution in [-0.2, 0) is 4.79 Å². The molecule has 1 aliphatic heterocycles. The molecule has 1 rings (SSSR count). The van der Waals surface area contributed by atoms with Crippen LogP contribution in [0.1, 0.15) is 32.1 Å². The summed E-state index contributed by atoms with van der Waals surface area (Å²) < 4.78 is 0. The average Bonchev–Trinajstić information content (AvgIpc) is 2.09. The molecule has 13 heavy (non-hydrogen) atoms. The van der Waals surface area contributed by atoms with Gasteiger partial charge in [-0.2, -0.15) is 0 Å². The van der Waals surface area contributed by atoms with Gasteiger partial charge >= 0.3 is 0 Å². The number of rotatable bonds is 4. The number of hydrogen-bond acceptors (Lipinski definition) is 2. The predicted octanol–water partition coefficient (Wildman–Crippen LogP) is 2.01. The quantitative estimate of drug-likeness (QED) is 0.488. The molecule has 1 heterocycles. The zero-order valence-electron chi connectivity index (χ0n) is 8.46. The van der Waals surface area contributed by atoms with E-state index in [0.717, 1.165) is 18.3 Å². The number of nitrogens with zero attached hydrogens (tertiary/aromatic N) is 1. The van der Waals surface area contributed by atoms with Gasteiger partial charge in [0, 0.05) is 12.5 Å². The van der Waals surface area contributed by atoms with Crippen molar-refractivity contribution in [1.82, 2.24) is 4.90 Å². The first-order valence-corrected chi connectivity index (χ1v) is 5.04. The fourth-order valence-corrected chi connectivity index (χ4v) is 1.94. The number of piperidine rings is 1. The van der Waals surface area contributed by atoms with Gasteiger partial charge in [0.05, 0.1) is 0 Å². The molecule has 0 aliphatic carbocycles. The van der Waals surface area contributed by atoms with Crippen LogP contribution in [0.4, 0.5) is 0 Å². The average molecular weight is 181 g/mol. The van der Waals surface area contributed by atoms with Crippen LogP contribution in [0, 0.1) is 0 Å². The summed E-state index contributed by atoms with van der Waals surface area (Å²) in [5.74, 6) is 0. The largest absolute Gasteiger partial charge is 0.303 e. The number of carbonyl (C=O) groups excluding carboxylic acids is 1. The van der Waals surface area contributed by atoms with Crippen LogP contribution in [-0.4, -0.2) is 30.8 Å². The summed E-state index contributed by atoms with van der Waals surface area (Å²) in [4.78, 5) is 12.7. The lowest BCUT2D eigenvalue weighted by Crippen LogP contribution is -2.36. The first kappa shape index (κ1) is 10.5. The van der Waals surface area contributed by atoms with E-state index in [9.17, 15) is 4.79 Å². The molecule has 0 aromatic heterocycles. The summed E-state index contributed by atoms with van der Waals surface area (Å²) in [7, 11) is 2.16. The van der Waals surface area contributed by atoms with E-state index in [-0.39, 0.29) is 0 Å². The van der Waals surface area contributed by atoms with Gasteiger partial charge in [-0.15, -0.1) is 0 Å². The van der Waals surface area contributed by atoms with Gasteiger partial charge in [0.1, 0.15) is 6.29 Å². The molecule has 0 saturated carbocycles. The highest BCUT2D eigenvalue weighted by atomic mass is 16.1. The van der Waals surface area contributed by atoms with Crippen LogP contribution >= 0.6 is 0 Å². The van der Waals surface area contributed by atoms with E-state index in [0.29, 0.717) is 12.5 Å². The SMILES string of the molecule is C=C(CC=O)CC1CCCCN1C. The number of likely N-dealkylation sites (tertiary alicyclic amines) is 1. The molecule has 0 bridgehead atoms. The molecule has 1 fully saturated rings. The van der Waals surface area contributed by atoms with Crippen LogP contribution in [0.3, 0.4) is 0 Å². The van der Waals surface area contributed by atoms with Gasteiger partial charge in [-0.05, 0) is 32.9 Å². The Morgan fingerprint density at radius 2 is 2.38 bits per heavy atom. The number of aldehydes is 1. The van der Waals surface area contributed by atoms with E-state index in [1.807, 2.05) is 0 Å². The van der Waals surface area contributed by atoms with E-state index in [1.54, 1.807) is 0 Å². The summed E-state index contributed by atoms with van der Waals surface area (Å²) >= 11 is 0. The third-order valence-electron chi connectivity index (χ3n) is 2.82. The number of hydrogen-bond donors (Lipinski definition) is 0. The maximum Gasteiger partial charge on any atom is 0.124 e. The van der Waals surface area contributed by atoms with Crippen LogP contribution in [0.5, 0.6) is 0 Å². The zero-order chi connectivity index (χ0) is 9.68. The van der Waals surface area contributed by atoms with E-state index in [2.05, 4.69) is 18.5 Å². The molecule has 0 amide bonds. The fourth-order valence-electron chi connectivity index (χ4n) is 1.94.